The largest absolute Gasteiger partial charge is 0.371 e. The summed E-state index contributed by atoms with van der Waals surface area (Å²) >= 11 is 5.85. The van der Waals surface area contributed by atoms with Crippen molar-refractivity contribution in [1.29, 1.82) is 0 Å². The summed E-state index contributed by atoms with van der Waals surface area (Å²) in [5, 5.41) is 0. The van der Waals surface area contributed by atoms with Crippen LogP contribution in [0.4, 0.5) is 5.69 Å². The minimum Gasteiger partial charge on any atom is -0.371 e. The Kier molecular flexibility index (Phi) is 3.75. The van der Waals surface area contributed by atoms with E-state index in [2.05, 4.69) is 36.9 Å². The maximum Gasteiger partial charge on any atom is 0.0474 e. The van der Waals surface area contributed by atoms with Crippen molar-refractivity contribution in [2.24, 2.45) is 5.92 Å². The standard InChI is InChI=1S/C14H20ClN/c1-11-4-3-7-16(10-11)14-6-5-13(9-15)8-12(14)2/h5-6,8,11H,3-4,7,9-10H2,1-2H3. The van der Waals surface area contributed by atoms with Crippen molar-refractivity contribution in [3.05, 3.63) is 29.3 Å². The molecule has 1 nitrogen and oxygen atoms in total. The molecular formula is C14H20ClN. The van der Waals surface area contributed by atoms with E-state index in [-0.39, 0.29) is 0 Å². The van der Waals surface area contributed by atoms with Gasteiger partial charge in [-0.3, -0.25) is 0 Å². The van der Waals surface area contributed by atoms with Crippen LogP contribution in [0.15, 0.2) is 18.2 Å². The lowest BCUT2D eigenvalue weighted by atomic mass is 9.98. The lowest BCUT2D eigenvalue weighted by Crippen LogP contribution is -2.34. The molecule has 1 aliphatic heterocycles. The Balaban J connectivity index is 2.19. The van der Waals surface area contributed by atoms with Crippen LogP contribution >= 0.6 is 11.6 Å². The first-order valence-electron chi connectivity index (χ1n) is 6.11. The molecule has 0 aromatic heterocycles. The molecule has 1 fully saturated rings. The average Bonchev–Trinajstić information content (AvgIpc) is 2.28. The zero-order valence-corrected chi connectivity index (χ0v) is 10.9. The van der Waals surface area contributed by atoms with Crippen LogP contribution in [0.5, 0.6) is 0 Å². The van der Waals surface area contributed by atoms with Crippen LogP contribution in [0.2, 0.25) is 0 Å². The summed E-state index contributed by atoms with van der Waals surface area (Å²) < 4.78 is 0. The van der Waals surface area contributed by atoms with Crippen molar-refractivity contribution >= 4 is 17.3 Å². The van der Waals surface area contributed by atoms with E-state index >= 15 is 0 Å². The fourth-order valence-corrected chi connectivity index (χ4v) is 2.73. The van der Waals surface area contributed by atoms with E-state index < -0.39 is 0 Å². The third-order valence-electron chi connectivity index (χ3n) is 3.41. The fraction of sp³-hybridized carbons (Fsp3) is 0.571. The maximum absolute atomic E-state index is 5.85. The third kappa shape index (κ3) is 2.52. The molecule has 0 amide bonds. The molecule has 1 unspecified atom stereocenters. The number of rotatable bonds is 2. The van der Waals surface area contributed by atoms with Gasteiger partial charge in [-0.2, -0.15) is 0 Å². The van der Waals surface area contributed by atoms with Crippen molar-refractivity contribution in [2.45, 2.75) is 32.6 Å². The summed E-state index contributed by atoms with van der Waals surface area (Å²) in [6, 6.07) is 6.58. The first-order chi connectivity index (χ1) is 7.70. The highest BCUT2D eigenvalue weighted by atomic mass is 35.5. The van der Waals surface area contributed by atoms with Gasteiger partial charge in [-0.25, -0.2) is 0 Å². The van der Waals surface area contributed by atoms with Crippen LogP contribution in [0.1, 0.15) is 30.9 Å². The minimum absolute atomic E-state index is 0.609. The number of hydrogen-bond donors (Lipinski definition) is 0. The number of alkyl halides is 1. The summed E-state index contributed by atoms with van der Waals surface area (Å²) in [4.78, 5) is 2.52. The number of aryl methyl sites for hydroxylation is 1. The SMILES string of the molecule is Cc1cc(CCl)ccc1N1CCCC(C)C1. The number of nitrogens with zero attached hydrogens (tertiary/aromatic N) is 1. The van der Waals surface area contributed by atoms with Gasteiger partial charge in [-0.1, -0.05) is 19.1 Å². The molecular weight excluding hydrogens is 218 g/mol. The highest BCUT2D eigenvalue weighted by Gasteiger charge is 2.17. The predicted molar refractivity (Wildman–Crippen MR) is 71.3 cm³/mol. The fourth-order valence-electron chi connectivity index (χ4n) is 2.56. The monoisotopic (exact) mass is 237 g/mol. The Morgan fingerprint density at radius 1 is 1.44 bits per heavy atom. The molecule has 1 atom stereocenters. The van der Waals surface area contributed by atoms with E-state index in [9.17, 15) is 0 Å². The van der Waals surface area contributed by atoms with E-state index in [1.807, 2.05) is 0 Å². The minimum atomic E-state index is 0.609. The Labute approximate surface area is 103 Å². The Morgan fingerprint density at radius 3 is 2.88 bits per heavy atom. The van der Waals surface area contributed by atoms with Gasteiger partial charge >= 0.3 is 0 Å². The molecule has 1 heterocycles. The molecule has 0 aliphatic carbocycles. The van der Waals surface area contributed by atoms with Crippen LogP contribution in [0.25, 0.3) is 0 Å². The highest BCUT2D eigenvalue weighted by molar-refractivity contribution is 6.17. The van der Waals surface area contributed by atoms with Crippen LogP contribution in [-0.2, 0) is 5.88 Å². The summed E-state index contributed by atoms with van der Waals surface area (Å²) in [7, 11) is 0. The average molecular weight is 238 g/mol. The van der Waals surface area contributed by atoms with E-state index in [1.54, 1.807) is 0 Å². The lowest BCUT2D eigenvalue weighted by molar-refractivity contribution is 0.446. The first-order valence-corrected chi connectivity index (χ1v) is 6.64. The number of hydrogen-bond acceptors (Lipinski definition) is 1. The molecule has 2 heteroatoms. The predicted octanol–water partition coefficient (Wildman–Crippen LogP) is 3.97. The van der Waals surface area contributed by atoms with Gasteiger partial charge in [0.2, 0.25) is 0 Å². The van der Waals surface area contributed by atoms with E-state index in [4.69, 9.17) is 11.6 Å². The summed E-state index contributed by atoms with van der Waals surface area (Å²) in [6.07, 6.45) is 2.69. The molecule has 1 aromatic carbocycles. The zero-order chi connectivity index (χ0) is 11.5. The van der Waals surface area contributed by atoms with Crippen molar-refractivity contribution in [3.8, 4) is 0 Å². The quantitative estimate of drug-likeness (QED) is 0.704. The molecule has 0 N–H and O–H groups in total. The molecule has 16 heavy (non-hydrogen) atoms. The van der Waals surface area contributed by atoms with Crippen molar-refractivity contribution < 1.29 is 0 Å². The number of halogens is 1. The normalized spacial score (nSPS) is 21.2. The summed E-state index contributed by atoms with van der Waals surface area (Å²) in [5.74, 6) is 1.43. The Bertz CT molecular complexity index is 362. The number of benzene rings is 1. The molecule has 0 bridgehead atoms. The summed E-state index contributed by atoms with van der Waals surface area (Å²) in [6.45, 7) is 6.92. The van der Waals surface area contributed by atoms with Crippen LogP contribution in [-0.4, -0.2) is 13.1 Å². The van der Waals surface area contributed by atoms with E-state index in [0.29, 0.717) is 5.88 Å². The molecule has 0 spiro atoms. The second kappa shape index (κ2) is 5.09. The summed E-state index contributed by atoms with van der Waals surface area (Å²) in [5.41, 5.74) is 3.96. The molecule has 1 saturated heterocycles. The number of piperidine rings is 1. The number of anilines is 1. The van der Waals surface area contributed by atoms with E-state index in [0.717, 1.165) is 5.92 Å². The van der Waals surface area contributed by atoms with Crippen LogP contribution in [0.3, 0.4) is 0 Å². The second-order valence-corrected chi connectivity index (χ2v) is 5.22. The zero-order valence-electron chi connectivity index (χ0n) is 10.2. The van der Waals surface area contributed by atoms with Gasteiger partial charge in [0.05, 0.1) is 0 Å². The second-order valence-electron chi connectivity index (χ2n) is 4.95. The first kappa shape index (κ1) is 11.8. The molecule has 2 rings (SSSR count). The topological polar surface area (TPSA) is 3.24 Å². The van der Waals surface area contributed by atoms with Gasteiger partial charge in [-0.15, -0.1) is 11.6 Å². The van der Waals surface area contributed by atoms with Crippen LogP contribution < -0.4 is 4.90 Å². The third-order valence-corrected chi connectivity index (χ3v) is 3.72. The van der Waals surface area contributed by atoms with Crippen molar-refractivity contribution in [3.63, 3.8) is 0 Å². The highest BCUT2D eigenvalue weighted by Crippen LogP contribution is 2.26. The van der Waals surface area contributed by atoms with Gasteiger partial charge in [0, 0.05) is 24.7 Å². The smallest absolute Gasteiger partial charge is 0.0474 e. The molecule has 88 valence electrons. The molecule has 1 aliphatic rings. The van der Waals surface area contributed by atoms with Gasteiger partial charge in [0.1, 0.15) is 0 Å². The van der Waals surface area contributed by atoms with Crippen molar-refractivity contribution in [2.75, 3.05) is 18.0 Å². The van der Waals surface area contributed by atoms with Gasteiger partial charge in [0.25, 0.3) is 0 Å². The molecule has 1 aromatic rings. The molecule has 0 saturated carbocycles. The Morgan fingerprint density at radius 2 is 2.25 bits per heavy atom. The van der Waals surface area contributed by atoms with Gasteiger partial charge in [0.15, 0.2) is 0 Å². The lowest BCUT2D eigenvalue weighted by Gasteiger charge is -2.34. The van der Waals surface area contributed by atoms with Crippen molar-refractivity contribution in [1.82, 2.24) is 0 Å². The molecule has 0 radical (unpaired) electrons. The van der Waals surface area contributed by atoms with Crippen LogP contribution in [0, 0.1) is 12.8 Å². The maximum atomic E-state index is 5.85. The van der Waals surface area contributed by atoms with Gasteiger partial charge < -0.3 is 4.90 Å². The van der Waals surface area contributed by atoms with Gasteiger partial charge in [-0.05, 0) is 42.9 Å². The Hall–Kier alpha value is -0.690. The van der Waals surface area contributed by atoms with E-state index in [1.165, 1.54) is 42.7 Å².